The fourth-order valence-electron chi connectivity index (χ4n) is 3.22. The van der Waals surface area contributed by atoms with Crippen molar-refractivity contribution in [2.45, 2.75) is 26.2 Å². The number of benzene rings is 2. The second kappa shape index (κ2) is 7.79. The van der Waals surface area contributed by atoms with Gasteiger partial charge in [0.15, 0.2) is 0 Å². The molecule has 0 unspecified atom stereocenters. The molecule has 5 heteroatoms. The number of methoxy groups -OCH3 is 1. The van der Waals surface area contributed by atoms with Crippen LogP contribution in [0.3, 0.4) is 0 Å². The number of hydrogen-bond acceptors (Lipinski definition) is 3. The standard InChI is InChI=1S/C20H23ClN2O2/c1-14-12-17(19(25-2)13-16(14)21)22-20(24)9-11-23-10-5-7-15-6-3-4-8-18(15)23/h3-4,6,8,12-13H,5,7,9-11H2,1-2H3,(H,22,24). The van der Waals surface area contributed by atoms with Crippen LogP contribution in [0.4, 0.5) is 11.4 Å². The minimum atomic E-state index is -0.0249. The van der Waals surface area contributed by atoms with Crippen LogP contribution in [0.25, 0.3) is 0 Å². The lowest BCUT2D eigenvalue weighted by Gasteiger charge is -2.31. The molecule has 25 heavy (non-hydrogen) atoms. The van der Waals surface area contributed by atoms with Gasteiger partial charge in [0.05, 0.1) is 12.8 Å². The van der Waals surface area contributed by atoms with Crippen molar-refractivity contribution in [2.75, 3.05) is 30.4 Å². The molecule has 132 valence electrons. The lowest BCUT2D eigenvalue weighted by molar-refractivity contribution is -0.116. The van der Waals surface area contributed by atoms with Gasteiger partial charge in [0.2, 0.25) is 5.91 Å². The number of nitrogens with one attached hydrogen (secondary N) is 1. The van der Waals surface area contributed by atoms with Crippen LogP contribution in [-0.4, -0.2) is 26.1 Å². The second-order valence-electron chi connectivity index (χ2n) is 6.32. The highest BCUT2D eigenvalue weighted by molar-refractivity contribution is 6.31. The SMILES string of the molecule is COc1cc(Cl)c(C)cc1NC(=O)CCN1CCCc2ccccc21. The molecule has 1 amide bonds. The predicted molar refractivity (Wildman–Crippen MR) is 103 cm³/mol. The summed E-state index contributed by atoms with van der Waals surface area (Å²) in [7, 11) is 1.57. The number of amides is 1. The Bertz CT molecular complexity index is 776. The molecule has 3 rings (SSSR count). The third-order valence-corrected chi connectivity index (χ3v) is 4.98. The van der Waals surface area contributed by atoms with E-state index in [1.807, 2.05) is 13.0 Å². The molecule has 0 aromatic heterocycles. The maximum atomic E-state index is 12.4. The summed E-state index contributed by atoms with van der Waals surface area (Å²) in [6, 6.07) is 12.0. The number of nitrogens with zero attached hydrogens (tertiary/aromatic N) is 1. The summed E-state index contributed by atoms with van der Waals surface area (Å²) in [5.74, 6) is 0.551. The maximum Gasteiger partial charge on any atom is 0.226 e. The summed E-state index contributed by atoms with van der Waals surface area (Å²) in [6.07, 6.45) is 2.67. The number of rotatable bonds is 5. The Hall–Kier alpha value is -2.20. The van der Waals surface area contributed by atoms with E-state index >= 15 is 0 Å². The van der Waals surface area contributed by atoms with Crippen LogP contribution in [-0.2, 0) is 11.2 Å². The third-order valence-electron chi connectivity index (χ3n) is 4.57. The van der Waals surface area contributed by atoms with Crippen molar-refractivity contribution >= 4 is 28.9 Å². The van der Waals surface area contributed by atoms with Crippen LogP contribution in [0, 0.1) is 6.92 Å². The quantitative estimate of drug-likeness (QED) is 0.859. The average molecular weight is 359 g/mol. The van der Waals surface area contributed by atoms with Gasteiger partial charge in [-0.05, 0) is 43.0 Å². The average Bonchev–Trinajstić information content (AvgIpc) is 2.62. The van der Waals surface area contributed by atoms with Crippen LogP contribution in [0.1, 0.15) is 24.0 Å². The number of ether oxygens (including phenoxy) is 1. The molecule has 2 aromatic rings. The summed E-state index contributed by atoms with van der Waals surface area (Å²) in [5, 5.41) is 3.57. The van der Waals surface area contributed by atoms with E-state index in [2.05, 4.69) is 34.5 Å². The molecule has 1 aliphatic rings. The van der Waals surface area contributed by atoms with E-state index in [1.165, 1.54) is 11.3 Å². The summed E-state index contributed by atoms with van der Waals surface area (Å²) in [6.45, 7) is 3.60. The fraction of sp³-hybridized carbons (Fsp3) is 0.350. The van der Waals surface area contributed by atoms with Gasteiger partial charge in [0.1, 0.15) is 5.75 Å². The second-order valence-corrected chi connectivity index (χ2v) is 6.73. The van der Waals surface area contributed by atoms with Crippen LogP contribution in [0.2, 0.25) is 5.02 Å². The highest BCUT2D eigenvalue weighted by Gasteiger charge is 2.17. The zero-order valence-corrected chi connectivity index (χ0v) is 15.4. The Morgan fingerprint density at radius 2 is 2.12 bits per heavy atom. The van der Waals surface area contributed by atoms with Crippen molar-refractivity contribution in [3.63, 3.8) is 0 Å². The molecule has 0 radical (unpaired) electrons. The van der Waals surface area contributed by atoms with Gasteiger partial charge in [-0.15, -0.1) is 0 Å². The first-order valence-electron chi connectivity index (χ1n) is 8.55. The van der Waals surface area contributed by atoms with Gasteiger partial charge in [-0.1, -0.05) is 29.8 Å². The lowest BCUT2D eigenvalue weighted by Crippen LogP contribution is -2.32. The Morgan fingerprint density at radius 3 is 2.92 bits per heavy atom. The zero-order chi connectivity index (χ0) is 17.8. The molecule has 0 bridgehead atoms. The van der Waals surface area contributed by atoms with E-state index in [4.69, 9.17) is 16.3 Å². The lowest BCUT2D eigenvalue weighted by atomic mass is 10.0. The van der Waals surface area contributed by atoms with Gasteiger partial charge in [0, 0.05) is 36.3 Å². The van der Waals surface area contributed by atoms with E-state index in [9.17, 15) is 4.79 Å². The molecule has 4 nitrogen and oxygen atoms in total. The minimum Gasteiger partial charge on any atom is -0.495 e. The molecule has 0 atom stereocenters. The minimum absolute atomic E-state index is 0.0249. The Balaban J connectivity index is 1.64. The van der Waals surface area contributed by atoms with Crippen molar-refractivity contribution < 1.29 is 9.53 Å². The van der Waals surface area contributed by atoms with Crippen LogP contribution >= 0.6 is 11.6 Å². The molecular weight excluding hydrogens is 336 g/mol. The van der Waals surface area contributed by atoms with Crippen LogP contribution in [0.15, 0.2) is 36.4 Å². The first-order valence-corrected chi connectivity index (χ1v) is 8.93. The van der Waals surface area contributed by atoms with E-state index in [0.717, 1.165) is 24.9 Å². The molecule has 0 saturated heterocycles. The van der Waals surface area contributed by atoms with Crippen molar-refractivity contribution in [3.8, 4) is 5.75 Å². The number of anilines is 2. The Labute approximate surface area is 153 Å². The van der Waals surface area contributed by atoms with Crippen molar-refractivity contribution in [1.82, 2.24) is 0 Å². The normalized spacial score (nSPS) is 13.3. The number of para-hydroxylation sites is 1. The largest absolute Gasteiger partial charge is 0.495 e. The Morgan fingerprint density at radius 1 is 1.32 bits per heavy atom. The highest BCUT2D eigenvalue weighted by atomic mass is 35.5. The van der Waals surface area contributed by atoms with E-state index < -0.39 is 0 Å². The molecule has 2 aromatic carbocycles. The first-order chi connectivity index (χ1) is 12.1. The molecule has 0 aliphatic carbocycles. The van der Waals surface area contributed by atoms with Crippen LogP contribution < -0.4 is 15.0 Å². The van der Waals surface area contributed by atoms with E-state index in [1.54, 1.807) is 13.2 Å². The summed E-state index contributed by atoms with van der Waals surface area (Å²) in [4.78, 5) is 14.7. The van der Waals surface area contributed by atoms with Gasteiger partial charge in [-0.2, -0.15) is 0 Å². The molecule has 0 saturated carbocycles. The number of carbonyl (C=O) groups excluding carboxylic acids is 1. The van der Waals surface area contributed by atoms with Gasteiger partial charge >= 0.3 is 0 Å². The van der Waals surface area contributed by atoms with Crippen LogP contribution in [0.5, 0.6) is 5.75 Å². The van der Waals surface area contributed by atoms with Crippen molar-refractivity contribution in [3.05, 3.63) is 52.5 Å². The summed E-state index contributed by atoms with van der Waals surface area (Å²) < 4.78 is 5.31. The molecule has 0 spiro atoms. The number of aryl methyl sites for hydroxylation is 2. The number of fused-ring (bicyclic) bond motifs is 1. The van der Waals surface area contributed by atoms with Gasteiger partial charge < -0.3 is 15.0 Å². The van der Waals surface area contributed by atoms with E-state index in [-0.39, 0.29) is 5.91 Å². The van der Waals surface area contributed by atoms with Gasteiger partial charge in [-0.25, -0.2) is 0 Å². The molecule has 0 fully saturated rings. The predicted octanol–water partition coefficient (Wildman–Crippen LogP) is 4.44. The number of carbonyl (C=O) groups is 1. The van der Waals surface area contributed by atoms with Crippen molar-refractivity contribution in [1.29, 1.82) is 0 Å². The van der Waals surface area contributed by atoms with E-state index in [0.29, 0.717) is 29.4 Å². The third kappa shape index (κ3) is 4.07. The van der Waals surface area contributed by atoms with Gasteiger partial charge in [-0.3, -0.25) is 4.79 Å². The Kier molecular flexibility index (Phi) is 5.49. The maximum absolute atomic E-state index is 12.4. The number of halogens is 1. The molecule has 1 heterocycles. The van der Waals surface area contributed by atoms with Gasteiger partial charge in [0.25, 0.3) is 0 Å². The van der Waals surface area contributed by atoms with Crippen molar-refractivity contribution in [2.24, 2.45) is 0 Å². The molecule has 1 aliphatic heterocycles. The summed E-state index contributed by atoms with van der Waals surface area (Å²) >= 11 is 6.11. The topological polar surface area (TPSA) is 41.6 Å². The fourth-order valence-corrected chi connectivity index (χ4v) is 3.38. The number of hydrogen-bond donors (Lipinski definition) is 1. The monoisotopic (exact) mass is 358 g/mol. The summed E-state index contributed by atoms with van der Waals surface area (Å²) in [5.41, 5.74) is 4.18. The molecular formula is C20H23ClN2O2. The zero-order valence-electron chi connectivity index (χ0n) is 14.6. The first kappa shape index (κ1) is 17.6. The highest BCUT2D eigenvalue weighted by Crippen LogP contribution is 2.31. The smallest absolute Gasteiger partial charge is 0.226 e. The molecule has 1 N–H and O–H groups in total.